The third-order valence-electron chi connectivity index (χ3n) is 2.54. The monoisotopic (exact) mass is 300 g/mol. The Balaban J connectivity index is 0. The molecule has 0 unspecified atom stereocenters. The van der Waals surface area contributed by atoms with Crippen LogP contribution >= 0.6 is 0 Å². The minimum absolute atomic E-state index is 1.03. The molecule has 0 aromatic carbocycles. The lowest BCUT2D eigenvalue weighted by molar-refractivity contribution is 1.07. The summed E-state index contributed by atoms with van der Waals surface area (Å²) in [5.41, 5.74) is 4.34. The molecule has 0 aliphatic heterocycles. The molecular formula is C20H32N2. The quantitative estimate of drug-likeness (QED) is 0.611. The zero-order chi connectivity index (χ0) is 17.4. The Kier molecular flexibility index (Phi) is 15.4. The number of nitrogens with one attached hydrogen (secondary N) is 1. The van der Waals surface area contributed by atoms with Gasteiger partial charge in [0, 0.05) is 5.56 Å². The highest BCUT2D eigenvalue weighted by molar-refractivity contribution is 5.85. The van der Waals surface area contributed by atoms with Crippen molar-refractivity contribution in [3.63, 3.8) is 0 Å². The van der Waals surface area contributed by atoms with Gasteiger partial charge in [-0.15, -0.1) is 0 Å². The Bertz CT molecular complexity index is 512. The zero-order valence-electron chi connectivity index (χ0n) is 15.3. The van der Waals surface area contributed by atoms with Crippen molar-refractivity contribution < 1.29 is 0 Å². The Hall–Kier alpha value is -2.09. The second kappa shape index (κ2) is 15.3. The minimum atomic E-state index is 1.03. The van der Waals surface area contributed by atoms with Gasteiger partial charge in [0.15, 0.2) is 0 Å². The van der Waals surface area contributed by atoms with E-state index in [1.807, 2.05) is 72.9 Å². The summed E-state index contributed by atoms with van der Waals surface area (Å²) in [6.07, 6.45) is 15.8. The summed E-state index contributed by atoms with van der Waals surface area (Å²) in [4.78, 5) is 0. The van der Waals surface area contributed by atoms with E-state index < -0.39 is 0 Å². The van der Waals surface area contributed by atoms with Crippen molar-refractivity contribution in [3.05, 3.63) is 66.6 Å². The number of rotatable bonds is 5. The van der Waals surface area contributed by atoms with Crippen LogP contribution in [0.4, 0.5) is 0 Å². The molecule has 0 fully saturated rings. The average Bonchev–Trinajstić information content (AvgIpc) is 3.05. The van der Waals surface area contributed by atoms with Crippen molar-refractivity contribution in [1.29, 1.82) is 0 Å². The Labute approximate surface area is 137 Å². The molecule has 0 amide bonds. The van der Waals surface area contributed by atoms with E-state index in [0.29, 0.717) is 0 Å². The molecular weight excluding hydrogens is 268 g/mol. The lowest BCUT2D eigenvalue weighted by Gasteiger charge is -2.04. The maximum atomic E-state index is 4.15. The average molecular weight is 300 g/mol. The molecule has 1 aromatic rings. The summed E-state index contributed by atoms with van der Waals surface area (Å²) < 4.78 is 0. The highest BCUT2D eigenvalue weighted by Gasteiger charge is 2.09. The van der Waals surface area contributed by atoms with Crippen molar-refractivity contribution in [1.82, 2.24) is 10.2 Å². The first-order valence-corrected chi connectivity index (χ1v) is 8.07. The van der Waals surface area contributed by atoms with Crippen molar-refractivity contribution in [2.45, 2.75) is 48.5 Å². The van der Waals surface area contributed by atoms with E-state index in [0.717, 1.165) is 22.4 Å². The van der Waals surface area contributed by atoms with E-state index in [1.165, 1.54) is 0 Å². The first kappa shape index (κ1) is 22.2. The lowest BCUT2D eigenvalue weighted by Crippen LogP contribution is -1.88. The Morgan fingerprint density at radius 2 is 1.55 bits per heavy atom. The van der Waals surface area contributed by atoms with Gasteiger partial charge in [-0.05, 0) is 31.9 Å². The molecule has 2 heteroatoms. The number of nitrogens with zero attached hydrogens (tertiary/aromatic N) is 1. The van der Waals surface area contributed by atoms with Crippen LogP contribution in [0.3, 0.4) is 0 Å². The molecule has 122 valence electrons. The van der Waals surface area contributed by atoms with E-state index >= 15 is 0 Å². The van der Waals surface area contributed by atoms with Crippen LogP contribution in [0.1, 0.15) is 59.7 Å². The summed E-state index contributed by atoms with van der Waals surface area (Å²) in [5, 5.41) is 7.21. The van der Waals surface area contributed by atoms with Gasteiger partial charge in [0.05, 0.1) is 11.9 Å². The first-order valence-electron chi connectivity index (χ1n) is 8.07. The summed E-state index contributed by atoms with van der Waals surface area (Å²) in [6, 6.07) is 0. The van der Waals surface area contributed by atoms with Gasteiger partial charge in [-0.25, -0.2) is 0 Å². The molecule has 22 heavy (non-hydrogen) atoms. The van der Waals surface area contributed by atoms with Crippen molar-refractivity contribution in [3.8, 4) is 0 Å². The molecule has 0 saturated heterocycles. The van der Waals surface area contributed by atoms with Gasteiger partial charge in [0.1, 0.15) is 0 Å². The number of aromatic amines is 1. The van der Waals surface area contributed by atoms with Crippen LogP contribution in [0.15, 0.2) is 55.3 Å². The maximum Gasteiger partial charge on any atom is 0.0725 e. The van der Waals surface area contributed by atoms with Gasteiger partial charge >= 0.3 is 0 Å². The molecule has 1 N–H and O–H groups in total. The fourth-order valence-electron chi connectivity index (χ4n) is 1.77. The standard InChI is InChI=1S/C16H20N2.2C2H6/c1-5-9-13(8-4)16-15(12-17-18-16)14(10-6-2)11-7-3;2*1-2/h5-12H,2H2,1,3-4H3,(H,17,18);2*1-2H3/b9-5-,11-7-,13-8+,14-10+;;. The topological polar surface area (TPSA) is 28.7 Å². The lowest BCUT2D eigenvalue weighted by atomic mass is 10.0. The molecule has 0 spiro atoms. The molecule has 0 radical (unpaired) electrons. The molecule has 0 saturated carbocycles. The zero-order valence-corrected chi connectivity index (χ0v) is 15.3. The van der Waals surface area contributed by atoms with E-state index in [2.05, 4.69) is 35.0 Å². The molecule has 0 aliphatic rings. The minimum Gasteiger partial charge on any atom is -0.277 e. The van der Waals surface area contributed by atoms with Crippen LogP contribution in [0.5, 0.6) is 0 Å². The van der Waals surface area contributed by atoms with Gasteiger partial charge in [0.2, 0.25) is 0 Å². The van der Waals surface area contributed by atoms with Gasteiger partial charge in [-0.3, -0.25) is 5.10 Å². The molecule has 1 heterocycles. The van der Waals surface area contributed by atoms with Gasteiger partial charge in [-0.2, -0.15) is 5.10 Å². The SMILES string of the molecule is C=C/C=C(\C=C/C)c1cn[nH]c1C(/C=C\C)=C/C.CC.CC. The van der Waals surface area contributed by atoms with Gasteiger partial charge in [0.25, 0.3) is 0 Å². The summed E-state index contributed by atoms with van der Waals surface area (Å²) in [5.74, 6) is 0. The van der Waals surface area contributed by atoms with Crippen molar-refractivity contribution in [2.24, 2.45) is 0 Å². The fraction of sp³-hybridized carbons (Fsp3) is 0.350. The van der Waals surface area contributed by atoms with E-state index in [1.54, 1.807) is 6.08 Å². The highest BCUT2D eigenvalue weighted by Crippen LogP contribution is 2.25. The predicted octanol–water partition coefficient (Wildman–Crippen LogP) is 6.59. The maximum absolute atomic E-state index is 4.15. The summed E-state index contributed by atoms with van der Waals surface area (Å²) >= 11 is 0. The molecule has 1 rings (SSSR count). The second-order valence-corrected chi connectivity index (χ2v) is 3.76. The number of aromatic nitrogens is 2. The summed E-state index contributed by atoms with van der Waals surface area (Å²) in [7, 11) is 0. The molecule has 0 aliphatic carbocycles. The molecule has 2 nitrogen and oxygen atoms in total. The highest BCUT2D eigenvalue weighted by atomic mass is 15.1. The van der Waals surface area contributed by atoms with E-state index in [9.17, 15) is 0 Å². The first-order chi connectivity index (χ1) is 10.8. The van der Waals surface area contributed by atoms with Crippen LogP contribution < -0.4 is 0 Å². The largest absolute Gasteiger partial charge is 0.277 e. The Morgan fingerprint density at radius 3 is 2.00 bits per heavy atom. The van der Waals surface area contributed by atoms with Crippen LogP contribution in [0, 0.1) is 0 Å². The smallest absolute Gasteiger partial charge is 0.0725 e. The third kappa shape index (κ3) is 7.07. The number of H-pyrrole nitrogens is 1. The normalized spacial score (nSPS) is 11.8. The fourth-order valence-corrected chi connectivity index (χ4v) is 1.77. The second-order valence-electron chi connectivity index (χ2n) is 3.76. The summed E-state index contributed by atoms with van der Waals surface area (Å²) in [6.45, 7) is 17.8. The van der Waals surface area contributed by atoms with Gasteiger partial charge < -0.3 is 0 Å². The van der Waals surface area contributed by atoms with E-state index in [4.69, 9.17) is 0 Å². The van der Waals surface area contributed by atoms with Crippen LogP contribution in [-0.2, 0) is 0 Å². The predicted molar refractivity (Wildman–Crippen MR) is 103 cm³/mol. The van der Waals surface area contributed by atoms with Crippen molar-refractivity contribution >= 4 is 11.1 Å². The van der Waals surface area contributed by atoms with Crippen LogP contribution in [0.2, 0.25) is 0 Å². The number of hydrogen-bond donors (Lipinski definition) is 1. The molecule has 1 aromatic heterocycles. The van der Waals surface area contributed by atoms with Crippen molar-refractivity contribution in [2.75, 3.05) is 0 Å². The molecule has 0 atom stereocenters. The van der Waals surface area contributed by atoms with Gasteiger partial charge in [-0.1, -0.05) is 76.8 Å². The Morgan fingerprint density at radius 1 is 1.00 bits per heavy atom. The van der Waals surface area contributed by atoms with E-state index in [-0.39, 0.29) is 0 Å². The van der Waals surface area contributed by atoms with Crippen LogP contribution in [0.25, 0.3) is 11.1 Å². The number of hydrogen-bond acceptors (Lipinski definition) is 1. The van der Waals surface area contributed by atoms with Crippen LogP contribution in [-0.4, -0.2) is 10.2 Å². The number of allylic oxidation sites excluding steroid dienone is 9. The third-order valence-corrected chi connectivity index (χ3v) is 2.54. The molecule has 0 bridgehead atoms.